The number of nitro benzene ring substituents is 1. The summed E-state index contributed by atoms with van der Waals surface area (Å²) in [4.78, 5) is 39.2. The number of anilines is 1. The average molecular weight is 375 g/mol. The molecule has 0 saturated carbocycles. The molecule has 146 valence electrons. The van der Waals surface area contributed by atoms with Crippen LogP contribution in [0.1, 0.15) is 43.0 Å². The van der Waals surface area contributed by atoms with Crippen LogP contribution in [0.4, 0.5) is 11.4 Å². The van der Waals surface area contributed by atoms with Gasteiger partial charge in [0, 0.05) is 38.3 Å². The van der Waals surface area contributed by atoms with Gasteiger partial charge in [0.25, 0.3) is 11.6 Å². The number of hydrogen-bond acceptors (Lipinski definition) is 6. The van der Waals surface area contributed by atoms with Crippen LogP contribution in [0.2, 0.25) is 0 Å². The van der Waals surface area contributed by atoms with Gasteiger partial charge in [0.2, 0.25) is 0 Å². The molecule has 8 heteroatoms. The van der Waals surface area contributed by atoms with Crippen LogP contribution in [0, 0.1) is 16.0 Å². The minimum Gasteiger partial charge on any atom is -0.452 e. The number of non-ortho nitro benzene ring substituents is 1. The molecule has 1 aromatic carbocycles. The van der Waals surface area contributed by atoms with Gasteiger partial charge in [-0.2, -0.15) is 0 Å². The van der Waals surface area contributed by atoms with Crippen molar-refractivity contribution in [3.63, 3.8) is 0 Å². The smallest absolute Gasteiger partial charge is 0.341 e. The summed E-state index contributed by atoms with van der Waals surface area (Å²) in [6, 6.07) is 4.22. The normalized spacial score (nSPS) is 17.8. The van der Waals surface area contributed by atoms with Crippen LogP contribution in [0.15, 0.2) is 18.2 Å². The summed E-state index contributed by atoms with van der Waals surface area (Å²) in [6.07, 6.45) is 3.92. The average Bonchev–Trinajstić information content (AvgIpc) is 3.20. The van der Waals surface area contributed by atoms with Crippen LogP contribution in [-0.4, -0.2) is 54.5 Å². The summed E-state index contributed by atoms with van der Waals surface area (Å²) in [5, 5.41) is 11.1. The van der Waals surface area contributed by atoms with Crippen molar-refractivity contribution >= 4 is 23.3 Å². The van der Waals surface area contributed by atoms with Crippen molar-refractivity contribution in [1.29, 1.82) is 0 Å². The van der Waals surface area contributed by atoms with E-state index in [4.69, 9.17) is 4.74 Å². The van der Waals surface area contributed by atoms with Crippen LogP contribution < -0.4 is 4.90 Å². The Balaban J connectivity index is 1.69. The topological polar surface area (TPSA) is 93.0 Å². The first-order valence-electron chi connectivity index (χ1n) is 9.44. The highest BCUT2D eigenvalue weighted by Crippen LogP contribution is 2.29. The summed E-state index contributed by atoms with van der Waals surface area (Å²) < 4.78 is 5.23. The predicted octanol–water partition coefficient (Wildman–Crippen LogP) is 2.61. The van der Waals surface area contributed by atoms with Crippen molar-refractivity contribution in [2.24, 2.45) is 5.92 Å². The number of ether oxygens (including phenoxy) is 1. The Labute approximate surface area is 158 Å². The fraction of sp³-hybridized carbons (Fsp3) is 0.579. The molecule has 0 N–H and O–H groups in total. The van der Waals surface area contributed by atoms with Gasteiger partial charge >= 0.3 is 5.97 Å². The molecule has 2 saturated heterocycles. The second kappa shape index (κ2) is 8.37. The van der Waals surface area contributed by atoms with Gasteiger partial charge in [0.05, 0.1) is 16.2 Å². The summed E-state index contributed by atoms with van der Waals surface area (Å²) >= 11 is 0. The van der Waals surface area contributed by atoms with E-state index in [1.165, 1.54) is 12.1 Å². The molecule has 0 aliphatic carbocycles. The molecule has 27 heavy (non-hydrogen) atoms. The van der Waals surface area contributed by atoms with Crippen molar-refractivity contribution < 1.29 is 19.2 Å². The fourth-order valence-electron chi connectivity index (χ4n) is 3.59. The second-order valence-electron chi connectivity index (χ2n) is 7.29. The minimum absolute atomic E-state index is 0.145. The first kappa shape index (κ1) is 19.1. The molecular weight excluding hydrogens is 350 g/mol. The van der Waals surface area contributed by atoms with Crippen molar-refractivity contribution in [2.75, 3.05) is 37.7 Å². The molecule has 8 nitrogen and oxygen atoms in total. The lowest BCUT2D eigenvalue weighted by Crippen LogP contribution is -2.40. The van der Waals surface area contributed by atoms with Gasteiger partial charge in [-0.05, 0) is 37.7 Å². The zero-order chi connectivity index (χ0) is 19.4. The van der Waals surface area contributed by atoms with Crippen molar-refractivity contribution in [3.8, 4) is 0 Å². The lowest BCUT2D eigenvalue weighted by molar-refractivity contribution is -0.384. The fourth-order valence-corrected chi connectivity index (χ4v) is 3.59. The van der Waals surface area contributed by atoms with Crippen LogP contribution >= 0.6 is 0 Å². The highest BCUT2D eigenvalue weighted by Gasteiger charge is 2.25. The van der Waals surface area contributed by atoms with Gasteiger partial charge in [-0.3, -0.25) is 14.9 Å². The van der Waals surface area contributed by atoms with Crippen LogP contribution in [0.3, 0.4) is 0 Å². The van der Waals surface area contributed by atoms with Crippen molar-refractivity contribution in [2.45, 2.75) is 32.6 Å². The summed E-state index contributed by atoms with van der Waals surface area (Å²) in [6.45, 7) is 4.76. The van der Waals surface area contributed by atoms with E-state index in [0.717, 1.165) is 38.8 Å². The number of piperidine rings is 1. The van der Waals surface area contributed by atoms with Crippen LogP contribution in [0.25, 0.3) is 0 Å². The molecular formula is C19H25N3O5. The van der Waals surface area contributed by atoms with E-state index in [2.05, 4.69) is 6.92 Å². The molecule has 3 rings (SSSR count). The Morgan fingerprint density at radius 1 is 1.19 bits per heavy atom. The number of amides is 1. The van der Waals surface area contributed by atoms with Gasteiger partial charge in [-0.25, -0.2) is 4.79 Å². The number of nitro groups is 1. The van der Waals surface area contributed by atoms with E-state index >= 15 is 0 Å². The van der Waals surface area contributed by atoms with Crippen LogP contribution in [0.5, 0.6) is 0 Å². The van der Waals surface area contributed by atoms with Crippen molar-refractivity contribution in [1.82, 2.24) is 4.90 Å². The molecule has 0 spiro atoms. The number of benzene rings is 1. The molecule has 2 aliphatic heterocycles. The van der Waals surface area contributed by atoms with Gasteiger partial charge in [0.1, 0.15) is 0 Å². The predicted molar refractivity (Wildman–Crippen MR) is 99.8 cm³/mol. The Morgan fingerprint density at radius 3 is 2.48 bits per heavy atom. The number of esters is 1. The molecule has 1 amide bonds. The van der Waals surface area contributed by atoms with E-state index in [1.807, 2.05) is 4.90 Å². The SMILES string of the molecule is CC1CCN(C(=O)COC(=O)c2cc([N+](=O)[O-])ccc2N2CCCC2)CC1. The molecule has 0 aromatic heterocycles. The standard InChI is InChI=1S/C19H25N3O5/c1-14-6-10-21(11-7-14)18(23)13-27-19(24)16-12-15(22(25)26)4-5-17(16)20-8-2-3-9-20/h4-5,12,14H,2-3,6-11,13H2,1H3. The molecule has 0 bridgehead atoms. The quantitative estimate of drug-likeness (QED) is 0.446. The Morgan fingerprint density at radius 2 is 1.85 bits per heavy atom. The maximum atomic E-state index is 12.6. The molecule has 1 aromatic rings. The number of rotatable bonds is 5. The van der Waals surface area contributed by atoms with Crippen molar-refractivity contribution in [3.05, 3.63) is 33.9 Å². The van der Waals surface area contributed by atoms with Gasteiger partial charge in [-0.15, -0.1) is 0 Å². The minimum atomic E-state index is -0.695. The highest BCUT2D eigenvalue weighted by molar-refractivity contribution is 5.97. The largest absolute Gasteiger partial charge is 0.452 e. The second-order valence-corrected chi connectivity index (χ2v) is 7.29. The Hall–Kier alpha value is -2.64. The lowest BCUT2D eigenvalue weighted by atomic mass is 9.99. The summed E-state index contributed by atoms with van der Waals surface area (Å²) in [5.74, 6) is -0.313. The molecule has 0 radical (unpaired) electrons. The van der Waals surface area contributed by atoms with Gasteiger partial charge in [-0.1, -0.05) is 6.92 Å². The number of hydrogen-bond donors (Lipinski definition) is 0. The number of nitrogens with zero attached hydrogens (tertiary/aromatic N) is 3. The van der Waals surface area contributed by atoms with Crippen LogP contribution in [-0.2, 0) is 9.53 Å². The molecule has 0 atom stereocenters. The Bertz CT molecular complexity index is 722. The third-order valence-corrected chi connectivity index (χ3v) is 5.32. The zero-order valence-electron chi connectivity index (χ0n) is 15.6. The molecule has 2 heterocycles. The maximum Gasteiger partial charge on any atom is 0.341 e. The highest BCUT2D eigenvalue weighted by atomic mass is 16.6. The summed E-state index contributed by atoms with van der Waals surface area (Å²) in [5.41, 5.74) is 0.606. The first-order valence-corrected chi connectivity index (χ1v) is 9.44. The maximum absolute atomic E-state index is 12.6. The zero-order valence-corrected chi connectivity index (χ0v) is 15.6. The third kappa shape index (κ3) is 4.56. The number of carbonyl (C=O) groups is 2. The van der Waals surface area contributed by atoms with Gasteiger partial charge < -0.3 is 14.5 Å². The van der Waals surface area contributed by atoms with E-state index < -0.39 is 10.9 Å². The molecule has 0 unspecified atom stereocenters. The summed E-state index contributed by atoms with van der Waals surface area (Å²) in [7, 11) is 0. The van der Waals surface area contributed by atoms with E-state index in [-0.39, 0.29) is 23.8 Å². The Kier molecular flexibility index (Phi) is 5.93. The number of carbonyl (C=O) groups excluding carboxylic acids is 2. The lowest BCUT2D eigenvalue weighted by Gasteiger charge is -2.30. The first-order chi connectivity index (χ1) is 13.0. The molecule has 2 aliphatic rings. The number of likely N-dealkylation sites (tertiary alicyclic amines) is 1. The van der Waals surface area contributed by atoms with E-state index in [0.29, 0.717) is 24.7 Å². The van der Waals surface area contributed by atoms with E-state index in [9.17, 15) is 19.7 Å². The van der Waals surface area contributed by atoms with Gasteiger partial charge in [0.15, 0.2) is 6.61 Å². The molecule has 2 fully saturated rings. The monoisotopic (exact) mass is 375 g/mol. The third-order valence-electron chi connectivity index (χ3n) is 5.32. The van der Waals surface area contributed by atoms with E-state index in [1.54, 1.807) is 11.0 Å².